The molecule has 0 unspecified atom stereocenters. The van der Waals surface area contributed by atoms with Crippen molar-refractivity contribution in [1.82, 2.24) is 20.1 Å². The van der Waals surface area contributed by atoms with Crippen LogP contribution in [-0.4, -0.2) is 71.0 Å². The number of carbonyl (C=O) groups excluding carboxylic acids is 4. The molecule has 1 fully saturated rings. The Balaban J connectivity index is 1.55. The number of ketones is 1. The molecule has 0 spiro atoms. The van der Waals surface area contributed by atoms with Crippen molar-refractivity contribution in [3.05, 3.63) is 71.2 Å². The summed E-state index contributed by atoms with van der Waals surface area (Å²) in [6.07, 6.45) is 1.25. The van der Waals surface area contributed by atoms with Crippen molar-refractivity contribution in [2.45, 2.75) is 13.0 Å². The number of nitrogens with one attached hydrogen (secondary N) is 2. The summed E-state index contributed by atoms with van der Waals surface area (Å²) in [6, 6.07) is 10.9. The summed E-state index contributed by atoms with van der Waals surface area (Å²) < 4.78 is 14.6. The minimum Gasteiger partial charge on any atom is -0.360 e. The molecule has 1 aliphatic rings. The van der Waals surface area contributed by atoms with Gasteiger partial charge in [0.2, 0.25) is 0 Å². The number of fused-ring (bicyclic) bond motifs is 1. The molecule has 1 aliphatic heterocycles. The van der Waals surface area contributed by atoms with E-state index in [1.807, 2.05) is 6.07 Å². The van der Waals surface area contributed by atoms with Crippen molar-refractivity contribution in [3.63, 3.8) is 0 Å². The molecule has 4 rings (SSSR count). The number of H-pyrrole nitrogens is 1. The van der Waals surface area contributed by atoms with E-state index in [0.717, 1.165) is 6.07 Å². The fourth-order valence-electron chi connectivity index (χ4n) is 4.16. The molecular formula is C24H23FN4O4. The first-order chi connectivity index (χ1) is 15.8. The van der Waals surface area contributed by atoms with E-state index in [2.05, 4.69) is 10.3 Å². The maximum absolute atomic E-state index is 14.6. The van der Waals surface area contributed by atoms with Crippen LogP contribution < -0.4 is 5.32 Å². The SMILES string of the molecule is CNC(=O)c1ccc(F)c2c(C(=O)C(=O)N3CCN(C(=O)c4ccccc4)C[C@H]3C)c[nH]c12. The molecule has 1 atom stereocenters. The molecule has 33 heavy (non-hydrogen) atoms. The molecule has 3 amide bonds. The number of piperazine rings is 1. The molecule has 1 saturated heterocycles. The highest BCUT2D eigenvalue weighted by Gasteiger charge is 2.34. The van der Waals surface area contributed by atoms with Gasteiger partial charge in [-0.25, -0.2) is 4.39 Å². The number of Topliss-reactive ketones (excluding diaryl/α,β-unsaturated/α-hetero) is 1. The average Bonchev–Trinajstić information content (AvgIpc) is 3.29. The maximum atomic E-state index is 14.6. The number of aromatic amines is 1. The van der Waals surface area contributed by atoms with Crippen molar-refractivity contribution in [3.8, 4) is 0 Å². The minimum absolute atomic E-state index is 0.0972. The average molecular weight is 450 g/mol. The Labute approximate surface area is 189 Å². The van der Waals surface area contributed by atoms with Crippen molar-refractivity contribution in [2.24, 2.45) is 0 Å². The van der Waals surface area contributed by atoms with E-state index in [-0.39, 0.29) is 47.6 Å². The van der Waals surface area contributed by atoms with Gasteiger partial charge in [0.05, 0.1) is 16.6 Å². The second-order valence-corrected chi connectivity index (χ2v) is 7.92. The van der Waals surface area contributed by atoms with Crippen LogP contribution in [0.15, 0.2) is 48.7 Å². The predicted molar refractivity (Wildman–Crippen MR) is 119 cm³/mol. The van der Waals surface area contributed by atoms with E-state index in [4.69, 9.17) is 0 Å². The van der Waals surface area contributed by atoms with Crippen molar-refractivity contribution in [2.75, 3.05) is 26.7 Å². The number of rotatable bonds is 4. The molecule has 8 nitrogen and oxygen atoms in total. The van der Waals surface area contributed by atoms with Gasteiger partial charge in [0.15, 0.2) is 0 Å². The van der Waals surface area contributed by atoms with Gasteiger partial charge in [0, 0.05) is 49.9 Å². The summed E-state index contributed by atoms with van der Waals surface area (Å²) in [7, 11) is 1.44. The second-order valence-electron chi connectivity index (χ2n) is 7.92. The molecule has 3 aromatic rings. The number of aromatic nitrogens is 1. The number of hydrogen-bond acceptors (Lipinski definition) is 4. The molecule has 0 aliphatic carbocycles. The van der Waals surface area contributed by atoms with Crippen LogP contribution >= 0.6 is 0 Å². The molecule has 9 heteroatoms. The summed E-state index contributed by atoms with van der Waals surface area (Å²) in [5.41, 5.74) is 0.744. The maximum Gasteiger partial charge on any atom is 0.295 e. The lowest BCUT2D eigenvalue weighted by atomic mass is 10.0. The van der Waals surface area contributed by atoms with Gasteiger partial charge in [-0.3, -0.25) is 19.2 Å². The lowest BCUT2D eigenvalue weighted by molar-refractivity contribution is -0.130. The Morgan fingerprint density at radius 1 is 1.03 bits per heavy atom. The Bertz CT molecular complexity index is 1250. The van der Waals surface area contributed by atoms with E-state index in [9.17, 15) is 23.6 Å². The topological polar surface area (TPSA) is 103 Å². The molecule has 170 valence electrons. The zero-order valence-corrected chi connectivity index (χ0v) is 18.2. The zero-order chi connectivity index (χ0) is 23.7. The molecule has 2 aromatic carbocycles. The molecule has 1 aromatic heterocycles. The van der Waals surface area contributed by atoms with E-state index >= 15 is 0 Å². The predicted octanol–water partition coefficient (Wildman–Crippen LogP) is 2.22. The van der Waals surface area contributed by atoms with Crippen LogP contribution in [0.4, 0.5) is 4.39 Å². The molecular weight excluding hydrogens is 427 g/mol. The fourth-order valence-corrected chi connectivity index (χ4v) is 4.16. The number of benzene rings is 2. The van der Waals surface area contributed by atoms with Gasteiger partial charge in [-0.1, -0.05) is 18.2 Å². The Morgan fingerprint density at radius 3 is 2.42 bits per heavy atom. The van der Waals surface area contributed by atoms with Crippen LogP contribution in [0, 0.1) is 5.82 Å². The van der Waals surface area contributed by atoms with E-state index in [1.165, 1.54) is 24.2 Å². The number of amides is 3. The van der Waals surface area contributed by atoms with Crippen molar-refractivity contribution < 1.29 is 23.6 Å². The number of halogens is 1. The van der Waals surface area contributed by atoms with Crippen molar-refractivity contribution >= 4 is 34.4 Å². The number of carbonyl (C=O) groups is 4. The highest BCUT2D eigenvalue weighted by atomic mass is 19.1. The van der Waals surface area contributed by atoms with Gasteiger partial charge in [-0.2, -0.15) is 0 Å². The molecule has 2 heterocycles. The highest BCUT2D eigenvalue weighted by molar-refractivity contribution is 6.45. The van der Waals surface area contributed by atoms with E-state index in [1.54, 1.807) is 36.1 Å². The monoisotopic (exact) mass is 450 g/mol. The van der Waals surface area contributed by atoms with E-state index < -0.39 is 29.5 Å². The van der Waals surface area contributed by atoms with Crippen LogP contribution in [0.25, 0.3) is 10.9 Å². The van der Waals surface area contributed by atoms with Gasteiger partial charge in [0.25, 0.3) is 23.5 Å². The van der Waals surface area contributed by atoms with Crippen LogP contribution in [0.3, 0.4) is 0 Å². The molecule has 0 saturated carbocycles. The first-order valence-electron chi connectivity index (χ1n) is 10.5. The van der Waals surface area contributed by atoms with Crippen LogP contribution in [0.5, 0.6) is 0 Å². The molecule has 2 N–H and O–H groups in total. The second kappa shape index (κ2) is 8.85. The minimum atomic E-state index is -0.871. The number of nitrogens with zero attached hydrogens (tertiary/aromatic N) is 2. The molecule has 0 radical (unpaired) electrons. The van der Waals surface area contributed by atoms with Gasteiger partial charge in [-0.15, -0.1) is 0 Å². The normalized spacial score (nSPS) is 16.0. The quantitative estimate of drug-likeness (QED) is 0.470. The number of hydrogen-bond donors (Lipinski definition) is 2. The van der Waals surface area contributed by atoms with Gasteiger partial charge in [-0.05, 0) is 31.2 Å². The third-order valence-electron chi connectivity index (χ3n) is 5.89. The van der Waals surface area contributed by atoms with Crippen molar-refractivity contribution in [1.29, 1.82) is 0 Å². The highest BCUT2D eigenvalue weighted by Crippen LogP contribution is 2.26. The molecule has 0 bridgehead atoms. The Kier molecular flexibility index (Phi) is 5.95. The Morgan fingerprint density at radius 2 is 1.76 bits per heavy atom. The fraction of sp³-hybridized carbons (Fsp3) is 0.250. The standard InChI is InChI=1S/C24H23FN4O4/c1-14-13-28(23(32)15-6-4-3-5-7-15)10-11-29(14)24(33)21(30)17-12-27-20-16(22(31)26-2)8-9-18(25)19(17)20/h3-9,12,14,27H,10-11,13H2,1-2H3,(H,26,31)/t14-/m1/s1. The first kappa shape index (κ1) is 22.2. The largest absolute Gasteiger partial charge is 0.360 e. The summed E-state index contributed by atoms with van der Waals surface area (Å²) >= 11 is 0. The van der Waals surface area contributed by atoms with Gasteiger partial charge in [0.1, 0.15) is 5.82 Å². The van der Waals surface area contributed by atoms with Crippen LogP contribution in [0.1, 0.15) is 38.0 Å². The Hall–Kier alpha value is -4.01. The lowest BCUT2D eigenvalue weighted by Gasteiger charge is -2.39. The van der Waals surface area contributed by atoms with Gasteiger partial charge >= 0.3 is 0 Å². The van der Waals surface area contributed by atoms with Crippen LogP contribution in [0.2, 0.25) is 0 Å². The third-order valence-corrected chi connectivity index (χ3v) is 5.89. The zero-order valence-electron chi connectivity index (χ0n) is 18.2. The third kappa shape index (κ3) is 3.97. The summed E-state index contributed by atoms with van der Waals surface area (Å²) in [5.74, 6) is -2.94. The smallest absolute Gasteiger partial charge is 0.295 e. The van der Waals surface area contributed by atoms with Crippen LogP contribution in [-0.2, 0) is 4.79 Å². The summed E-state index contributed by atoms with van der Waals surface area (Å²) in [6.45, 7) is 2.49. The first-order valence-corrected chi connectivity index (χ1v) is 10.5. The lowest BCUT2D eigenvalue weighted by Crippen LogP contribution is -2.56. The summed E-state index contributed by atoms with van der Waals surface area (Å²) in [5, 5.41) is 2.37. The van der Waals surface area contributed by atoms with E-state index in [0.29, 0.717) is 5.56 Å². The summed E-state index contributed by atoms with van der Waals surface area (Å²) in [4.78, 5) is 56.7. The van der Waals surface area contributed by atoms with Gasteiger partial charge < -0.3 is 20.1 Å².